The summed E-state index contributed by atoms with van der Waals surface area (Å²) in [4.78, 5) is 13.2. The minimum atomic E-state index is -3.60. The summed E-state index contributed by atoms with van der Waals surface area (Å²) in [5.41, 5.74) is 1.55. The van der Waals surface area contributed by atoms with Crippen LogP contribution in [-0.4, -0.2) is 57.2 Å². The molecule has 1 N–H and O–H groups in total. The molecule has 1 spiro atoms. The number of esters is 1. The third kappa shape index (κ3) is 5.28. The molecule has 3 aromatic carbocycles. The molecule has 0 aliphatic carbocycles. The highest BCUT2D eigenvalue weighted by Crippen LogP contribution is 2.45. The Hall–Kier alpha value is -3.18. The van der Waals surface area contributed by atoms with Crippen LogP contribution in [-0.2, 0) is 35.1 Å². The number of hydrogen-bond donors (Lipinski definition) is 1. The number of hydrogen-bond acceptors (Lipinski definition) is 7. The second-order valence-electron chi connectivity index (χ2n) is 10.2. The van der Waals surface area contributed by atoms with Crippen LogP contribution in [0.2, 0.25) is 5.02 Å². The number of aryl methyl sites for hydroxylation is 1. The molecular weight excluding hydrogens is 574 g/mol. The predicted molar refractivity (Wildman–Crippen MR) is 153 cm³/mol. The molecule has 0 aromatic heterocycles. The molecule has 1 fully saturated rings. The first-order valence-corrected chi connectivity index (χ1v) is 16.5. The monoisotopic (exact) mass is 601 g/mol. The fourth-order valence-corrected chi connectivity index (χ4v) is 7.72. The quantitative estimate of drug-likeness (QED) is 0.399. The molecule has 0 bridgehead atoms. The van der Waals surface area contributed by atoms with Crippen molar-refractivity contribution in [3.63, 3.8) is 0 Å². The molecule has 0 radical (unpaired) electrons. The maximum absolute atomic E-state index is 13.1. The van der Waals surface area contributed by atoms with E-state index in [1.165, 1.54) is 16.4 Å². The molecule has 1 saturated heterocycles. The number of aliphatic hydroxyl groups is 1. The minimum Gasteiger partial charge on any atom is -0.507 e. The zero-order valence-corrected chi connectivity index (χ0v) is 24.3. The van der Waals surface area contributed by atoms with Crippen molar-refractivity contribution < 1.29 is 31.5 Å². The van der Waals surface area contributed by atoms with Gasteiger partial charge in [0.05, 0.1) is 10.6 Å². The molecule has 0 amide bonds. The van der Waals surface area contributed by atoms with E-state index in [1.807, 2.05) is 6.07 Å². The van der Waals surface area contributed by atoms with Crippen LogP contribution in [0.5, 0.6) is 0 Å². The molecule has 11 heteroatoms. The van der Waals surface area contributed by atoms with Crippen LogP contribution in [0.4, 0.5) is 0 Å². The summed E-state index contributed by atoms with van der Waals surface area (Å²) in [7, 11) is -7.02. The number of halogens is 1. The van der Waals surface area contributed by atoms with Crippen molar-refractivity contribution in [1.29, 1.82) is 0 Å². The van der Waals surface area contributed by atoms with E-state index in [9.17, 15) is 26.7 Å². The second-order valence-corrected chi connectivity index (χ2v) is 14.6. The minimum absolute atomic E-state index is 0.00331. The van der Waals surface area contributed by atoms with E-state index >= 15 is 0 Å². The summed E-state index contributed by atoms with van der Waals surface area (Å²) in [6.45, 7) is 1.94. The van der Waals surface area contributed by atoms with Crippen LogP contribution >= 0.6 is 11.6 Å². The van der Waals surface area contributed by atoms with Crippen molar-refractivity contribution in [3.05, 3.63) is 94.2 Å². The van der Waals surface area contributed by atoms with Crippen LogP contribution in [0.25, 0.3) is 16.7 Å². The maximum atomic E-state index is 13.1. The molecular formula is C29H28ClNO7S2. The summed E-state index contributed by atoms with van der Waals surface area (Å²) in [5, 5.41) is 11.6. The summed E-state index contributed by atoms with van der Waals surface area (Å²) in [5.74, 6) is -1.07. The van der Waals surface area contributed by atoms with Gasteiger partial charge in [0.15, 0.2) is 21.2 Å². The Bertz CT molecular complexity index is 1740. The molecule has 2 aliphatic rings. The number of ether oxygens (including phenoxy) is 1. The highest BCUT2D eigenvalue weighted by Gasteiger charge is 2.51. The van der Waals surface area contributed by atoms with E-state index in [0.29, 0.717) is 27.8 Å². The third-order valence-electron chi connectivity index (χ3n) is 7.43. The SMILES string of the molecule is Cc1cc(-c2cccc(S(C)(=O)=O)c2)c(Cl)cc1C1=C(O)C2(CCN(S(=O)(=O)Cc3ccccc3)CC2)OC1=O. The lowest BCUT2D eigenvalue weighted by molar-refractivity contribution is -0.149. The molecule has 3 aromatic rings. The highest BCUT2D eigenvalue weighted by atomic mass is 35.5. The van der Waals surface area contributed by atoms with E-state index in [0.717, 1.165) is 6.26 Å². The van der Waals surface area contributed by atoms with Gasteiger partial charge < -0.3 is 9.84 Å². The van der Waals surface area contributed by atoms with E-state index in [2.05, 4.69) is 0 Å². The third-order valence-corrected chi connectivity index (χ3v) is 10.7. The molecule has 8 nitrogen and oxygen atoms in total. The van der Waals surface area contributed by atoms with Crippen LogP contribution in [0.15, 0.2) is 77.4 Å². The Balaban J connectivity index is 1.42. The van der Waals surface area contributed by atoms with Crippen LogP contribution in [0.1, 0.15) is 29.5 Å². The number of carbonyl (C=O) groups is 1. The van der Waals surface area contributed by atoms with Gasteiger partial charge in [-0.05, 0) is 53.4 Å². The van der Waals surface area contributed by atoms with Gasteiger partial charge in [-0.15, -0.1) is 0 Å². The molecule has 5 rings (SSSR count). The second kappa shape index (κ2) is 10.3. The zero-order chi connectivity index (χ0) is 28.9. The van der Waals surface area contributed by atoms with Crippen molar-refractivity contribution in [2.45, 2.75) is 36.0 Å². The highest BCUT2D eigenvalue weighted by molar-refractivity contribution is 7.90. The normalized spacial score (nSPS) is 17.8. The number of piperidine rings is 1. The van der Waals surface area contributed by atoms with Gasteiger partial charge in [0.1, 0.15) is 5.57 Å². The van der Waals surface area contributed by atoms with Gasteiger partial charge in [-0.25, -0.2) is 25.9 Å². The molecule has 0 saturated carbocycles. The lowest BCUT2D eigenvalue weighted by Crippen LogP contribution is -2.48. The predicted octanol–water partition coefficient (Wildman–Crippen LogP) is 4.91. The Labute approximate surface area is 238 Å². The number of sulfonamides is 1. The number of rotatable bonds is 6. The summed E-state index contributed by atoms with van der Waals surface area (Å²) in [6.07, 6.45) is 1.36. The Morgan fingerprint density at radius 3 is 2.27 bits per heavy atom. The van der Waals surface area contributed by atoms with Crippen LogP contribution < -0.4 is 0 Å². The van der Waals surface area contributed by atoms with E-state index in [1.54, 1.807) is 55.5 Å². The lowest BCUT2D eigenvalue weighted by atomic mass is 9.87. The number of nitrogens with zero attached hydrogens (tertiary/aromatic N) is 1. The molecule has 2 aliphatic heterocycles. The standard InChI is InChI=1S/C29H28ClNO7S2/c1-19-15-24(21-9-6-10-22(16-21)39(2,34)35)25(30)17-23(19)26-27(32)29(38-28(26)33)11-13-31(14-12-29)40(36,37)18-20-7-4-3-5-8-20/h3-10,15-17,32H,11-14,18H2,1-2H3. The van der Waals surface area contributed by atoms with Gasteiger partial charge in [0, 0.05) is 42.8 Å². The summed E-state index contributed by atoms with van der Waals surface area (Å²) in [6, 6.07) is 18.6. The van der Waals surface area contributed by atoms with Gasteiger partial charge in [0.2, 0.25) is 10.0 Å². The van der Waals surface area contributed by atoms with Gasteiger partial charge in [0.25, 0.3) is 0 Å². The van der Waals surface area contributed by atoms with Crippen molar-refractivity contribution in [1.82, 2.24) is 4.31 Å². The molecule has 40 heavy (non-hydrogen) atoms. The topological polar surface area (TPSA) is 118 Å². The first-order valence-electron chi connectivity index (χ1n) is 12.6. The van der Waals surface area contributed by atoms with Crippen molar-refractivity contribution in [2.24, 2.45) is 0 Å². The van der Waals surface area contributed by atoms with Crippen molar-refractivity contribution >= 4 is 43.0 Å². The molecule has 0 unspecified atom stereocenters. The van der Waals surface area contributed by atoms with Crippen molar-refractivity contribution in [2.75, 3.05) is 19.3 Å². The fraction of sp³-hybridized carbons (Fsp3) is 0.276. The Morgan fingerprint density at radius 2 is 1.62 bits per heavy atom. The first kappa shape index (κ1) is 28.4. The smallest absolute Gasteiger partial charge is 0.343 e. The molecule has 0 atom stereocenters. The first-order chi connectivity index (χ1) is 18.8. The Morgan fingerprint density at radius 1 is 0.950 bits per heavy atom. The number of benzene rings is 3. The fourth-order valence-electron chi connectivity index (χ4n) is 5.25. The largest absolute Gasteiger partial charge is 0.507 e. The van der Waals surface area contributed by atoms with E-state index < -0.39 is 31.4 Å². The van der Waals surface area contributed by atoms with Crippen LogP contribution in [0, 0.1) is 6.92 Å². The van der Waals surface area contributed by atoms with Gasteiger partial charge in [-0.2, -0.15) is 0 Å². The average molecular weight is 602 g/mol. The summed E-state index contributed by atoms with van der Waals surface area (Å²) < 4.78 is 57.1. The summed E-state index contributed by atoms with van der Waals surface area (Å²) >= 11 is 6.61. The molecule has 2 heterocycles. The van der Waals surface area contributed by atoms with E-state index in [-0.39, 0.29) is 52.9 Å². The average Bonchev–Trinajstić information content (AvgIpc) is 3.13. The number of carbonyl (C=O) groups excluding carboxylic acids is 1. The molecule has 210 valence electrons. The van der Waals surface area contributed by atoms with Crippen molar-refractivity contribution in [3.8, 4) is 11.1 Å². The Kier molecular flexibility index (Phi) is 7.33. The van der Waals surface area contributed by atoms with E-state index in [4.69, 9.17) is 16.3 Å². The van der Waals surface area contributed by atoms with Gasteiger partial charge >= 0.3 is 5.97 Å². The number of sulfone groups is 1. The van der Waals surface area contributed by atoms with Gasteiger partial charge in [-0.1, -0.05) is 54.1 Å². The van der Waals surface area contributed by atoms with Crippen LogP contribution in [0.3, 0.4) is 0 Å². The maximum Gasteiger partial charge on any atom is 0.343 e. The van der Waals surface area contributed by atoms with Gasteiger partial charge in [-0.3, -0.25) is 0 Å². The number of aliphatic hydroxyl groups excluding tert-OH is 1. The lowest BCUT2D eigenvalue weighted by Gasteiger charge is -2.37. The zero-order valence-electron chi connectivity index (χ0n) is 21.9.